The lowest BCUT2D eigenvalue weighted by molar-refractivity contribution is -0.137. The number of carbonyl (C=O) groups is 3. The van der Waals surface area contributed by atoms with E-state index in [0.717, 1.165) is 11.4 Å². The quantitative estimate of drug-likeness (QED) is 0.469. The summed E-state index contributed by atoms with van der Waals surface area (Å²) >= 11 is 6.63. The Morgan fingerprint density at radius 2 is 1.57 bits per heavy atom. The Morgan fingerprint density at radius 3 is 2.03 bits per heavy atom. The van der Waals surface area contributed by atoms with Crippen molar-refractivity contribution in [3.05, 3.63) is 45.3 Å². The molecule has 0 amide bonds. The van der Waals surface area contributed by atoms with E-state index in [1.165, 1.54) is 7.11 Å². The Bertz CT molecular complexity index is 1170. The van der Waals surface area contributed by atoms with Gasteiger partial charge in [0.1, 0.15) is 0 Å². The molecule has 8 heteroatoms. The number of benzene rings is 1. The molecule has 4 rings (SSSR count). The molecule has 0 saturated carbocycles. The van der Waals surface area contributed by atoms with E-state index in [4.69, 9.17) is 21.1 Å². The zero-order valence-corrected chi connectivity index (χ0v) is 23.3. The Balaban J connectivity index is 2.01. The summed E-state index contributed by atoms with van der Waals surface area (Å²) in [5.41, 5.74) is 2.90. The fourth-order valence-electron chi connectivity index (χ4n) is 6.07. The monoisotopic (exact) mass is 529 g/mol. The molecule has 0 radical (unpaired) electrons. The SMILES string of the molecule is CCOc1cc(C2C3=C(CC(C)(C)CC3=O)N(CCC(=O)O)C3=C2C(=O)CC(C)(C)C3)cc(Cl)c1OC. The van der Waals surface area contributed by atoms with Gasteiger partial charge < -0.3 is 19.5 Å². The van der Waals surface area contributed by atoms with Crippen molar-refractivity contribution in [3.63, 3.8) is 0 Å². The Kier molecular flexibility index (Phi) is 7.23. The van der Waals surface area contributed by atoms with E-state index >= 15 is 0 Å². The number of carboxylic acids is 1. The lowest BCUT2D eigenvalue weighted by Crippen LogP contribution is -2.45. The van der Waals surface area contributed by atoms with Gasteiger partial charge in [-0.3, -0.25) is 14.4 Å². The topological polar surface area (TPSA) is 93.1 Å². The van der Waals surface area contributed by atoms with Crippen LogP contribution in [0.5, 0.6) is 11.5 Å². The highest BCUT2D eigenvalue weighted by Gasteiger charge is 2.49. The highest BCUT2D eigenvalue weighted by molar-refractivity contribution is 6.32. The second kappa shape index (κ2) is 9.82. The number of carbonyl (C=O) groups excluding carboxylic acids is 2. The molecule has 1 N–H and O–H groups in total. The van der Waals surface area contributed by atoms with Crippen LogP contribution < -0.4 is 9.47 Å². The fraction of sp³-hybridized carbons (Fsp3) is 0.552. The van der Waals surface area contributed by atoms with Gasteiger partial charge in [0.15, 0.2) is 23.1 Å². The smallest absolute Gasteiger partial charge is 0.305 e. The van der Waals surface area contributed by atoms with Gasteiger partial charge in [-0.25, -0.2) is 0 Å². The minimum Gasteiger partial charge on any atom is -0.491 e. The number of allylic oxidation sites excluding steroid dienone is 4. The van der Waals surface area contributed by atoms with Gasteiger partial charge in [-0.15, -0.1) is 0 Å². The van der Waals surface area contributed by atoms with Crippen LogP contribution in [0.4, 0.5) is 0 Å². The molecule has 0 bridgehead atoms. The zero-order valence-electron chi connectivity index (χ0n) is 22.5. The molecular weight excluding hydrogens is 494 g/mol. The Morgan fingerprint density at radius 1 is 1.03 bits per heavy atom. The average molecular weight is 530 g/mol. The highest BCUT2D eigenvalue weighted by atomic mass is 35.5. The van der Waals surface area contributed by atoms with Crippen LogP contribution in [0.15, 0.2) is 34.7 Å². The minimum atomic E-state index is -0.919. The van der Waals surface area contributed by atoms with Crippen molar-refractivity contribution in [1.82, 2.24) is 4.90 Å². The number of methoxy groups -OCH3 is 1. The molecule has 1 aromatic carbocycles. The van der Waals surface area contributed by atoms with E-state index in [1.807, 2.05) is 17.9 Å². The van der Waals surface area contributed by atoms with E-state index in [1.54, 1.807) is 6.07 Å². The second-order valence-electron chi connectivity index (χ2n) is 11.8. The third kappa shape index (κ3) is 5.15. The number of rotatable bonds is 7. The predicted octanol–water partition coefficient (Wildman–Crippen LogP) is 5.91. The molecule has 1 aliphatic heterocycles. The summed E-state index contributed by atoms with van der Waals surface area (Å²) in [6.07, 6.45) is 1.82. The number of Topliss-reactive ketones (excluding diaryl/α,β-unsaturated/α-hetero) is 2. The molecule has 37 heavy (non-hydrogen) atoms. The molecule has 0 saturated heterocycles. The van der Waals surface area contributed by atoms with E-state index in [9.17, 15) is 19.5 Å². The molecule has 0 aromatic heterocycles. The van der Waals surface area contributed by atoms with Crippen LogP contribution in [0, 0.1) is 10.8 Å². The van der Waals surface area contributed by atoms with Crippen LogP contribution in [0.1, 0.15) is 78.2 Å². The van der Waals surface area contributed by atoms with E-state index in [-0.39, 0.29) is 35.4 Å². The van der Waals surface area contributed by atoms with Crippen LogP contribution in [0.25, 0.3) is 0 Å². The number of nitrogens with zero attached hydrogens (tertiary/aromatic N) is 1. The van der Waals surface area contributed by atoms with Crippen molar-refractivity contribution >= 4 is 29.1 Å². The predicted molar refractivity (Wildman–Crippen MR) is 141 cm³/mol. The number of ether oxygens (including phenoxy) is 2. The molecule has 7 nitrogen and oxygen atoms in total. The van der Waals surface area contributed by atoms with Gasteiger partial charge in [0.05, 0.1) is 25.2 Å². The minimum absolute atomic E-state index is 0.0225. The summed E-state index contributed by atoms with van der Waals surface area (Å²) in [6.45, 7) is 10.7. The number of carboxylic acid groups (broad SMARTS) is 1. The maximum atomic E-state index is 13.8. The summed E-state index contributed by atoms with van der Waals surface area (Å²) in [4.78, 5) is 41.2. The Hall–Kier alpha value is -2.80. The first-order valence-electron chi connectivity index (χ1n) is 12.8. The molecule has 1 aromatic rings. The van der Waals surface area contributed by atoms with E-state index in [0.29, 0.717) is 65.5 Å². The molecule has 2 aliphatic carbocycles. The van der Waals surface area contributed by atoms with E-state index < -0.39 is 11.9 Å². The number of ketones is 2. The van der Waals surface area contributed by atoms with Crippen LogP contribution >= 0.6 is 11.6 Å². The normalized spacial score (nSPS) is 21.1. The van der Waals surface area contributed by atoms with Crippen molar-refractivity contribution in [2.24, 2.45) is 10.8 Å². The summed E-state index contributed by atoms with van der Waals surface area (Å²) in [5, 5.41) is 9.84. The molecular formula is C29H36ClNO6. The van der Waals surface area contributed by atoms with Gasteiger partial charge in [-0.2, -0.15) is 0 Å². The lowest BCUT2D eigenvalue weighted by Gasteiger charge is -2.49. The van der Waals surface area contributed by atoms with Gasteiger partial charge in [0.2, 0.25) is 0 Å². The molecule has 200 valence electrons. The largest absolute Gasteiger partial charge is 0.491 e. The van der Waals surface area contributed by atoms with Crippen molar-refractivity contribution < 1.29 is 29.0 Å². The molecule has 1 heterocycles. The van der Waals surface area contributed by atoms with Crippen LogP contribution in [0.3, 0.4) is 0 Å². The number of hydrogen-bond acceptors (Lipinski definition) is 6. The molecule has 0 spiro atoms. The first-order chi connectivity index (χ1) is 17.3. The highest BCUT2D eigenvalue weighted by Crippen LogP contribution is 2.55. The molecule has 0 unspecified atom stereocenters. The van der Waals surface area contributed by atoms with E-state index in [2.05, 4.69) is 27.7 Å². The van der Waals surface area contributed by atoms with Gasteiger partial charge in [0, 0.05) is 47.8 Å². The molecule has 0 atom stereocenters. The summed E-state index contributed by atoms with van der Waals surface area (Å²) < 4.78 is 11.3. The maximum absolute atomic E-state index is 13.8. The van der Waals surface area contributed by atoms with Crippen LogP contribution in [-0.4, -0.2) is 47.8 Å². The molecule has 3 aliphatic rings. The first kappa shape index (κ1) is 27.2. The standard InChI is InChI=1S/C29H36ClNO6/c1-7-37-22-11-16(10-17(30)27(22)36-6)24-25-18(12-28(2,3)14-20(25)32)31(9-8-23(34)35)19-13-29(4,5)15-21(33)26(19)24/h10-11,24H,7-9,12-15H2,1-6H3,(H,34,35). The van der Waals surface area contributed by atoms with Crippen molar-refractivity contribution in [1.29, 1.82) is 0 Å². The Labute approximate surface area is 223 Å². The lowest BCUT2D eigenvalue weighted by atomic mass is 9.63. The second-order valence-corrected chi connectivity index (χ2v) is 12.2. The maximum Gasteiger partial charge on any atom is 0.305 e. The number of aliphatic carboxylic acids is 1. The third-order valence-corrected chi connectivity index (χ3v) is 7.72. The van der Waals surface area contributed by atoms with Crippen molar-refractivity contribution in [2.45, 2.75) is 72.6 Å². The molecule has 0 fully saturated rings. The summed E-state index contributed by atoms with van der Waals surface area (Å²) in [6, 6.07) is 3.58. The average Bonchev–Trinajstić information content (AvgIpc) is 2.75. The zero-order chi connectivity index (χ0) is 27.3. The fourth-order valence-corrected chi connectivity index (χ4v) is 6.37. The van der Waals surface area contributed by atoms with Crippen LogP contribution in [-0.2, 0) is 14.4 Å². The van der Waals surface area contributed by atoms with Gasteiger partial charge in [-0.1, -0.05) is 39.3 Å². The first-order valence-corrected chi connectivity index (χ1v) is 13.2. The van der Waals surface area contributed by atoms with Gasteiger partial charge >= 0.3 is 5.97 Å². The number of halogens is 1. The third-order valence-electron chi connectivity index (χ3n) is 7.44. The number of hydrogen-bond donors (Lipinski definition) is 1. The summed E-state index contributed by atoms with van der Waals surface area (Å²) in [5.74, 6) is -0.700. The van der Waals surface area contributed by atoms with Crippen LogP contribution in [0.2, 0.25) is 5.02 Å². The van der Waals surface area contributed by atoms with Gasteiger partial charge in [-0.05, 0) is 48.3 Å². The summed E-state index contributed by atoms with van der Waals surface area (Å²) in [7, 11) is 1.52. The van der Waals surface area contributed by atoms with Crippen molar-refractivity contribution in [3.8, 4) is 11.5 Å². The van der Waals surface area contributed by atoms with Gasteiger partial charge in [0.25, 0.3) is 0 Å². The van der Waals surface area contributed by atoms with Crippen molar-refractivity contribution in [2.75, 3.05) is 20.3 Å².